The van der Waals surface area contributed by atoms with E-state index in [1.54, 1.807) is 0 Å². The first-order valence-electron chi connectivity index (χ1n) is 12.1. The van der Waals surface area contributed by atoms with Crippen LogP contribution in [-0.2, 0) is 14.3 Å². The lowest BCUT2D eigenvalue weighted by atomic mass is 9.65. The van der Waals surface area contributed by atoms with Crippen LogP contribution in [0.2, 0.25) is 0 Å². The van der Waals surface area contributed by atoms with Crippen molar-refractivity contribution in [2.75, 3.05) is 39.4 Å². The van der Waals surface area contributed by atoms with Crippen LogP contribution >= 0.6 is 0 Å². The van der Waals surface area contributed by atoms with Crippen LogP contribution in [-0.4, -0.2) is 66.9 Å². The summed E-state index contributed by atoms with van der Waals surface area (Å²) in [7, 11) is 0. The lowest BCUT2D eigenvalue weighted by Crippen LogP contribution is -2.72. The number of rotatable bonds is 6. The molecule has 1 amide bonds. The first-order chi connectivity index (χ1) is 15.7. The summed E-state index contributed by atoms with van der Waals surface area (Å²) >= 11 is 0. The molecule has 0 N–H and O–H groups in total. The summed E-state index contributed by atoms with van der Waals surface area (Å²) in [4.78, 5) is 18.0. The third-order valence-corrected chi connectivity index (χ3v) is 7.73. The van der Waals surface area contributed by atoms with E-state index in [1.807, 2.05) is 4.90 Å². The Labute approximate surface area is 191 Å². The van der Waals surface area contributed by atoms with Crippen molar-refractivity contribution in [2.24, 2.45) is 11.8 Å². The Bertz CT molecular complexity index is 870. The molecular weight excluding hydrogens is 400 g/mol. The van der Waals surface area contributed by atoms with Crippen LogP contribution in [0.15, 0.2) is 60.7 Å². The van der Waals surface area contributed by atoms with E-state index in [4.69, 9.17) is 9.47 Å². The van der Waals surface area contributed by atoms with Gasteiger partial charge in [-0.3, -0.25) is 9.69 Å². The first-order valence-corrected chi connectivity index (χ1v) is 12.1. The molecule has 6 rings (SSSR count). The predicted molar refractivity (Wildman–Crippen MR) is 124 cm³/mol. The van der Waals surface area contributed by atoms with E-state index in [9.17, 15) is 4.79 Å². The van der Waals surface area contributed by atoms with E-state index in [0.29, 0.717) is 13.2 Å². The van der Waals surface area contributed by atoms with Crippen molar-refractivity contribution in [3.8, 4) is 0 Å². The minimum absolute atomic E-state index is 0.0364. The van der Waals surface area contributed by atoms with E-state index >= 15 is 0 Å². The van der Waals surface area contributed by atoms with Crippen molar-refractivity contribution < 1.29 is 14.3 Å². The number of hydrogen-bond acceptors (Lipinski definition) is 4. The number of piperidine rings is 3. The van der Waals surface area contributed by atoms with Crippen molar-refractivity contribution in [3.05, 3.63) is 71.8 Å². The summed E-state index contributed by atoms with van der Waals surface area (Å²) in [6.07, 6.45) is 0.935. The molecule has 4 atom stereocenters. The highest BCUT2D eigenvalue weighted by Crippen LogP contribution is 2.53. The molecule has 4 aliphatic rings. The molecule has 32 heavy (non-hydrogen) atoms. The highest BCUT2D eigenvalue weighted by atomic mass is 16.7. The maximum atomic E-state index is 13.5. The number of fused-ring (bicyclic) bond motifs is 2. The quantitative estimate of drug-likeness (QED) is 0.695. The molecule has 2 bridgehead atoms. The Kier molecular flexibility index (Phi) is 6.06. The average molecular weight is 435 g/mol. The molecule has 4 aliphatic heterocycles. The van der Waals surface area contributed by atoms with Gasteiger partial charge in [0.2, 0.25) is 5.91 Å². The smallest absolute Gasteiger partial charge is 0.227 e. The van der Waals surface area contributed by atoms with Crippen LogP contribution in [0.4, 0.5) is 0 Å². The number of ether oxygens (including phenoxy) is 2. The Morgan fingerprint density at radius 1 is 1.00 bits per heavy atom. The zero-order valence-corrected chi connectivity index (χ0v) is 19.2. The number of benzene rings is 2. The molecule has 4 heterocycles. The fourth-order valence-electron chi connectivity index (χ4n) is 6.36. The molecule has 0 aromatic heterocycles. The topological polar surface area (TPSA) is 42.0 Å². The van der Waals surface area contributed by atoms with Gasteiger partial charge < -0.3 is 14.4 Å². The molecule has 0 saturated carbocycles. The van der Waals surface area contributed by atoms with E-state index < -0.39 is 5.79 Å². The van der Waals surface area contributed by atoms with Gasteiger partial charge in [0.05, 0.1) is 25.2 Å². The lowest BCUT2D eigenvalue weighted by Gasteiger charge is -2.60. The number of carbonyl (C=O) groups excluding carboxylic acids is 1. The SMILES string of the molecule is CCN(CC)C(=O)C1CN2CCC1C1(OCCO1)C2C(c1ccccc1)c1ccccc1. The van der Waals surface area contributed by atoms with Crippen molar-refractivity contribution in [1.82, 2.24) is 9.80 Å². The van der Waals surface area contributed by atoms with E-state index in [1.165, 1.54) is 11.1 Å². The van der Waals surface area contributed by atoms with Gasteiger partial charge in [-0.25, -0.2) is 0 Å². The summed E-state index contributed by atoms with van der Waals surface area (Å²) in [6.45, 7) is 8.53. The summed E-state index contributed by atoms with van der Waals surface area (Å²) in [6, 6.07) is 21.4. The van der Waals surface area contributed by atoms with Gasteiger partial charge in [0.15, 0.2) is 5.79 Å². The zero-order valence-electron chi connectivity index (χ0n) is 19.2. The van der Waals surface area contributed by atoms with Crippen LogP contribution < -0.4 is 0 Å². The summed E-state index contributed by atoms with van der Waals surface area (Å²) in [5.74, 6) is -0.394. The number of nitrogens with zero attached hydrogens (tertiary/aromatic N) is 2. The molecular formula is C27H34N2O3. The second kappa shape index (κ2) is 8.97. The van der Waals surface area contributed by atoms with Gasteiger partial charge in [0, 0.05) is 31.5 Å². The van der Waals surface area contributed by atoms with Gasteiger partial charge in [-0.1, -0.05) is 60.7 Å². The van der Waals surface area contributed by atoms with Gasteiger partial charge in [0.1, 0.15) is 0 Å². The van der Waals surface area contributed by atoms with Gasteiger partial charge in [0.25, 0.3) is 0 Å². The Hall–Kier alpha value is -2.21. The van der Waals surface area contributed by atoms with Crippen LogP contribution in [0.25, 0.3) is 0 Å². The summed E-state index contributed by atoms with van der Waals surface area (Å²) in [5.41, 5.74) is 2.53. The third kappa shape index (κ3) is 3.47. The highest BCUT2D eigenvalue weighted by molar-refractivity contribution is 5.80. The summed E-state index contributed by atoms with van der Waals surface area (Å²) < 4.78 is 13.1. The Morgan fingerprint density at radius 3 is 2.09 bits per heavy atom. The van der Waals surface area contributed by atoms with Crippen molar-refractivity contribution >= 4 is 5.91 Å². The molecule has 4 fully saturated rings. The third-order valence-electron chi connectivity index (χ3n) is 7.73. The van der Waals surface area contributed by atoms with Gasteiger partial charge in [-0.15, -0.1) is 0 Å². The molecule has 5 nitrogen and oxygen atoms in total. The maximum Gasteiger partial charge on any atom is 0.227 e. The van der Waals surface area contributed by atoms with Crippen LogP contribution in [0.3, 0.4) is 0 Å². The minimum Gasteiger partial charge on any atom is -0.346 e. The molecule has 170 valence electrons. The minimum atomic E-state index is -0.750. The number of hydrogen-bond donors (Lipinski definition) is 0. The average Bonchev–Trinajstić information content (AvgIpc) is 3.32. The Morgan fingerprint density at radius 2 is 1.56 bits per heavy atom. The zero-order chi connectivity index (χ0) is 22.1. The van der Waals surface area contributed by atoms with Gasteiger partial charge >= 0.3 is 0 Å². The summed E-state index contributed by atoms with van der Waals surface area (Å²) in [5, 5.41) is 0. The Balaban J connectivity index is 1.59. The monoisotopic (exact) mass is 434 g/mol. The molecule has 2 aromatic carbocycles. The van der Waals surface area contributed by atoms with Crippen molar-refractivity contribution in [1.29, 1.82) is 0 Å². The maximum absolute atomic E-state index is 13.5. The van der Waals surface area contributed by atoms with Crippen LogP contribution in [0, 0.1) is 11.8 Å². The molecule has 0 aliphatic carbocycles. The highest BCUT2D eigenvalue weighted by Gasteiger charge is 2.64. The van der Waals surface area contributed by atoms with Gasteiger partial charge in [-0.05, 0) is 37.9 Å². The molecule has 0 radical (unpaired) electrons. The first kappa shape index (κ1) is 21.6. The largest absolute Gasteiger partial charge is 0.346 e. The number of amides is 1. The standard InChI is InChI=1S/C27H34N2O3/c1-3-28(4-2)26(30)22-19-29-16-15-23(22)27(31-17-18-32-27)25(29)24(20-11-7-5-8-12-20)21-13-9-6-10-14-21/h5-14,22-25H,3-4,15-19H2,1-2H3. The molecule has 2 aromatic rings. The second-order valence-corrected chi connectivity index (χ2v) is 9.17. The van der Waals surface area contributed by atoms with E-state index in [-0.39, 0.29) is 29.7 Å². The van der Waals surface area contributed by atoms with E-state index in [0.717, 1.165) is 32.6 Å². The van der Waals surface area contributed by atoms with Crippen LogP contribution in [0.5, 0.6) is 0 Å². The lowest BCUT2D eigenvalue weighted by molar-refractivity contribution is -0.290. The van der Waals surface area contributed by atoms with Crippen molar-refractivity contribution in [3.63, 3.8) is 0 Å². The van der Waals surface area contributed by atoms with E-state index in [2.05, 4.69) is 79.4 Å². The molecule has 4 saturated heterocycles. The molecule has 4 unspecified atom stereocenters. The predicted octanol–water partition coefficient (Wildman–Crippen LogP) is 3.75. The normalized spacial score (nSPS) is 28.3. The van der Waals surface area contributed by atoms with Crippen LogP contribution in [0.1, 0.15) is 37.3 Å². The van der Waals surface area contributed by atoms with Crippen molar-refractivity contribution in [2.45, 2.75) is 38.0 Å². The fraction of sp³-hybridized carbons (Fsp3) is 0.519. The molecule has 1 spiro atoms. The molecule has 5 heteroatoms. The fourth-order valence-corrected chi connectivity index (χ4v) is 6.36. The number of carbonyl (C=O) groups is 1. The van der Waals surface area contributed by atoms with Gasteiger partial charge in [-0.2, -0.15) is 0 Å². The second-order valence-electron chi connectivity index (χ2n) is 9.17.